The molecule has 1 atom stereocenters. The summed E-state index contributed by atoms with van der Waals surface area (Å²) in [6, 6.07) is 10.4. The van der Waals surface area contributed by atoms with Gasteiger partial charge in [0, 0.05) is 62.4 Å². The van der Waals surface area contributed by atoms with Crippen molar-refractivity contribution >= 4 is 46.5 Å². The first-order valence-electron chi connectivity index (χ1n) is 14.2. The topological polar surface area (TPSA) is 65.5 Å². The Kier molecular flexibility index (Phi) is 8.91. The molecule has 4 heterocycles. The number of piperidine rings is 2. The van der Waals surface area contributed by atoms with Crippen molar-refractivity contribution in [3.8, 4) is 0 Å². The number of nitrogens with zero attached hydrogens (tertiary/aromatic N) is 4. The maximum Gasteiger partial charge on any atom is 0.232 e. The highest BCUT2D eigenvalue weighted by molar-refractivity contribution is 7.80. The van der Waals surface area contributed by atoms with Crippen molar-refractivity contribution in [1.29, 1.82) is 0 Å². The molecule has 0 amide bonds. The van der Waals surface area contributed by atoms with E-state index in [-0.39, 0.29) is 5.41 Å². The molecule has 1 unspecified atom stereocenters. The molecule has 38 heavy (non-hydrogen) atoms. The predicted molar refractivity (Wildman–Crippen MR) is 161 cm³/mol. The Bertz CT molecular complexity index is 1080. The van der Waals surface area contributed by atoms with Crippen LogP contribution in [0.15, 0.2) is 30.3 Å². The molecule has 5 rings (SSSR count). The van der Waals surface area contributed by atoms with Crippen LogP contribution in [-0.2, 0) is 10.2 Å². The van der Waals surface area contributed by atoms with Crippen LogP contribution in [0.4, 0.5) is 17.6 Å². The van der Waals surface area contributed by atoms with Gasteiger partial charge in [-0.3, -0.25) is 0 Å². The minimum Gasteiger partial charge on any atom is -0.381 e. The molecule has 3 saturated heterocycles. The molecule has 3 fully saturated rings. The smallest absolute Gasteiger partial charge is 0.232 e. The van der Waals surface area contributed by atoms with Crippen LogP contribution in [-0.4, -0.2) is 61.0 Å². The van der Waals surface area contributed by atoms with Gasteiger partial charge < -0.3 is 25.2 Å². The van der Waals surface area contributed by atoms with E-state index >= 15 is 0 Å². The van der Waals surface area contributed by atoms with Gasteiger partial charge in [0.2, 0.25) is 5.95 Å². The first kappa shape index (κ1) is 27.4. The Balaban J connectivity index is 1.32. The van der Waals surface area contributed by atoms with Gasteiger partial charge in [-0.1, -0.05) is 37.6 Å². The molecule has 7 nitrogen and oxygen atoms in total. The van der Waals surface area contributed by atoms with E-state index in [2.05, 4.69) is 52.5 Å². The second-order valence-electron chi connectivity index (χ2n) is 11.5. The lowest BCUT2D eigenvalue weighted by molar-refractivity contribution is 0.0515. The minimum absolute atomic E-state index is 0.0587. The molecule has 3 aliphatic rings. The van der Waals surface area contributed by atoms with Gasteiger partial charge in [-0.2, -0.15) is 9.97 Å². The van der Waals surface area contributed by atoms with E-state index in [9.17, 15) is 0 Å². The molecule has 2 aromatic rings. The van der Waals surface area contributed by atoms with Gasteiger partial charge in [-0.15, -0.1) is 0 Å². The minimum atomic E-state index is -0.0587. The van der Waals surface area contributed by atoms with Crippen molar-refractivity contribution in [1.82, 2.24) is 15.3 Å². The maximum atomic E-state index is 6.17. The van der Waals surface area contributed by atoms with Gasteiger partial charge in [0.1, 0.15) is 11.6 Å². The van der Waals surface area contributed by atoms with Crippen molar-refractivity contribution in [2.75, 3.05) is 61.1 Å². The monoisotopic (exact) mass is 556 g/mol. The molecule has 0 saturated carbocycles. The number of halogens is 1. The van der Waals surface area contributed by atoms with Crippen LogP contribution in [0.1, 0.15) is 57.9 Å². The van der Waals surface area contributed by atoms with Gasteiger partial charge in [0.25, 0.3) is 0 Å². The number of aromatic nitrogens is 2. The second-order valence-corrected chi connectivity index (χ2v) is 12.3. The van der Waals surface area contributed by atoms with E-state index < -0.39 is 0 Å². The number of ether oxygens (including phenoxy) is 1. The summed E-state index contributed by atoms with van der Waals surface area (Å²) in [7, 11) is 0. The van der Waals surface area contributed by atoms with Crippen LogP contribution >= 0.6 is 23.8 Å². The fraction of sp³-hybridized carbons (Fsp3) is 0.621. The average Bonchev–Trinajstić information content (AvgIpc) is 2.93. The SMILES string of the molecule is CC1CCN(c2cc(N3CCCC(C)C3)nc(NC(=S)NCC3(c4ccc(Cl)cc4)CCOCC3)n2)CC1. The molecule has 1 aromatic carbocycles. The highest BCUT2D eigenvalue weighted by Gasteiger charge is 2.34. The summed E-state index contributed by atoms with van der Waals surface area (Å²) < 4.78 is 5.70. The zero-order valence-electron chi connectivity index (χ0n) is 22.7. The molecule has 0 radical (unpaired) electrons. The molecule has 0 aliphatic carbocycles. The molecule has 1 aromatic heterocycles. The lowest BCUT2D eigenvalue weighted by Crippen LogP contribution is -2.45. The summed E-state index contributed by atoms with van der Waals surface area (Å²) >= 11 is 12.0. The third kappa shape index (κ3) is 6.69. The summed E-state index contributed by atoms with van der Waals surface area (Å²) in [5, 5.41) is 8.12. The first-order chi connectivity index (χ1) is 18.4. The second kappa shape index (κ2) is 12.3. The molecule has 0 spiro atoms. The van der Waals surface area contributed by atoms with Crippen LogP contribution in [0.2, 0.25) is 5.02 Å². The summed E-state index contributed by atoms with van der Waals surface area (Å²) in [6.07, 6.45) is 6.72. The normalized spacial score (nSPS) is 22.2. The van der Waals surface area contributed by atoms with Gasteiger partial charge in [0.05, 0.1) is 0 Å². The van der Waals surface area contributed by atoms with Crippen molar-refractivity contribution in [2.24, 2.45) is 11.8 Å². The Morgan fingerprint density at radius 2 is 1.68 bits per heavy atom. The van der Waals surface area contributed by atoms with Crippen molar-refractivity contribution in [2.45, 2.75) is 57.8 Å². The van der Waals surface area contributed by atoms with Gasteiger partial charge in [-0.25, -0.2) is 0 Å². The van der Waals surface area contributed by atoms with E-state index in [1.165, 1.54) is 31.2 Å². The molecule has 3 aliphatic heterocycles. The standard InChI is InChI=1S/C29H41ClN6OS/c1-21-9-14-35(15-10-21)25-18-26(36-13-3-4-22(2)19-36)33-27(32-25)34-28(38)31-20-29(11-16-37-17-12-29)23-5-7-24(30)8-6-23/h5-8,18,21-22H,3-4,9-17,19-20H2,1-2H3,(H2,31,32,33,34,38). The fourth-order valence-electron chi connectivity index (χ4n) is 5.97. The third-order valence-electron chi connectivity index (χ3n) is 8.51. The predicted octanol–water partition coefficient (Wildman–Crippen LogP) is 5.64. The maximum absolute atomic E-state index is 6.17. The molecule has 2 N–H and O–H groups in total. The highest BCUT2D eigenvalue weighted by atomic mass is 35.5. The number of hydrogen-bond acceptors (Lipinski definition) is 6. The van der Waals surface area contributed by atoms with E-state index in [1.54, 1.807) is 0 Å². The van der Waals surface area contributed by atoms with Crippen molar-refractivity contribution < 1.29 is 4.74 Å². The van der Waals surface area contributed by atoms with Gasteiger partial charge in [-0.05, 0) is 80.3 Å². The van der Waals surface area contributed by atoms with E-state index in [0.717, 1.165) is 74.8 Å². The summed E-state index contributed by atoms with van der Waals surface area (Å²) in [5.41, 5.74) is 1.20. The quantitative estimate of drug-likeness (QED) is 0.443. The molecular weight excluding hydrogens is 516 g/mol. The number of thiocarbonyl (C=S) groups is 1. The fourth-order valence-corrected chi connectivity index (χ4v) is 6.25. The van der Waals surface area contributed by atoms with Gasteiger partial charge >= 0.3 is 0 Å². The molecule has 0 bridgehead atoms. The Hall–Kier alpha value is -2.16. The average molecular weight is 557 g/mol. The first-order valence-corrected chi connectivity index (χ1v) is 15.0. The zero-order chi connectivity index (χ0) is 26.5. The number of hydrogen-bond donors (Lipinski definition) is 2. The Morgan fingerprint density at radius 3 is 2.37 bits per heavy atom. The van der Waals surface area contributed by atoms with E-state index in [4.69, 9.17) is 38.5 Å². The van der Waals surface area contributed by atoms with Gasteiger partial charge in [0.15, 0.2) is 5.11 Å². The Labute approximate surface area is 237 Å². The largest absolute Gasteiger partial charge is 0.381 e. The molecular formula is C29H41ClN6OS. The molecule has 9 heteroatoms. The number of anilines is 3. The lowest BCUT2D eigenvalue weighted by Gasteiger charge is -2.38. The third-order valence-corrected chi connectivity index (χ3v) is 9.01. The summed E-state index contributed by atoms with van der Waals surface area (Å²) in [4.78, 5) is 14.7. The van der Waals surface area contributed by atoms with Crippen LogP contribution in [0, 0.1) is 11.8 Å². The van der Waals surface area contributed by atoms with E-state index in [0.29, 0.717) is 23.5 Å². The zero-order valence-corrected chi connectivity index (χ0v) is 24.3. The van der Waals surface area contributed by atoms with Crippen molar-refractivity contribution in [3.05, 3.63) is 40.9 Å². The lowest BCUT2D eigenvalue weighted by atomic mass is 9.74. The Morgan fingerprint density at radius 1 is 1.00 bits per heavy atom. The van der Waals surface area contributed by atoms with Crippen LogP contribution in [0.3, 0.4) is 0 Å². The summed E-state index contributed by atoms with van der Waals surface area (Å²) in [6.45, 7) is 11.0. The number of rotatable bonds is 6. The van der Waals surface area contributed by atoms with Crippen LogP contribution in [0.5, 0.6) is 0 Å². The number of nitrogens with one attached hydrogen (secondary N) is 2. The van der Waals surface area contributed by atoms with Crippen LogP contribution < -0.4 is 20.4 Å². The number of benzene rings is 1. The molecule has 206 valence electrons. The summed E-state index contributed by atoms with van der Waals surface area (Å²) in [5.74, 6) is 3.99. The van der Waals surface area contributed by atoms with E-state index in [1.807, 2.05) is 12.1 Å². The highest BCUT2D eigenvalue weighted by Crippen LogP contribution is 2.35. The van der Waals surface area contributed by atoms with Crippen molar-refractivity contribution in [3.63, 3.8) is 0 Å². The van der Waals surface area contributed by atoms with Crippen LogP contribution in [0.25, 0.3) is 0 Å².